The fourth-order valence-electron chi connectivity index (χ4n) is 2.13. The normalized spacial score (nSPS) is 12.0. The zero-order valence-corrected chi connectivity index (χ0v) is 14.8. The lowest BCUT2D eigenvalue weighted by Crippen LogP contribution is -2.33. The van der Waals surface area contributed by atoms with Crippen LogP contribution in [0.1, 0.15) is 29.3 Å². The number of benzene rings is 1. The maximum absolute atomic E-state index is 12.1. The Morgan fingerprint density at radius 3 is 2.58 bits per heavy atom. The van der Waals surface area contributed by atoms with E-state index in [4.69, 9.17) is 0 Å². The van der Waals surface area contributed by atoms with E-state index in [1.54, 1.807) is 19.2 Å². The molecule has 2 rings (SSSR count). The second-order valence-electron chi connectivity index (χ2n) is 5.54. The van der Waals surface area contributed by atoms with Crippen molar-refractivity contribution in [2.75, 3.05) is 19.4 Å². The van der Waals surface area contributed by atoms with Crippen LogP contribution in [0.3, 0.4) is 0 Å². The average Bonchev–Trinajstić information content (AvgIpc) is 3.08. The van der Waals surface area contributed by atoms with E-state index in [9.17, 15) is 9.59 Å². The molecule has 0 aliphatic carbocycles. The number of anilines is 1. The molecule has 0 saturated carbocycles. The van der Waals surface area contributed by atoms with Gasteiger partial charge in [-0.15, -0.1) is 0 Å². The van der Waals surface area contributed by atoms with Crippen LogP contribution in [0, 0.1) is 0 Å². The Labute approximate surface area is 145 Å². The molecule has 1 heterocycles. The molecule has 2 aromatic rings. The van der Waals surface area contributed by atoms with E-state index in [-0.39, 0.29) is 17.9 Å². The van der Waals surface area contributed by atoms with Gasteiger partial charge in [0.1, 0.15) is 6.33 Å². The van der Waals surface area contributed by atoms with Gasteiger partial charge in [0, 0.05) is 43.2 Å². The average molecular weight is 347 g/mol. The van der Waals surface area contributed by atoms with Crippen molar-refractivity contribution in [3.8, 4) is 0 Å². The van der Waals surface area contributed by atoms with Crippen LogP contribution in [0.2, 0.25) is 0 Å². The van der Waals surface area contributed by atoms with E-state index >= 15 is 0 Å². The largest absolute Gasteiger partial charge is 0.359 e. The quantitative estimate of drug-likeness (QED) is 0.797. The molecule has 1 aromatic carbocycles. The SMILES string of the molecule is CNC(=O)C[C@@H](C)N(C)Cc1ccc(C(=O)Nc2ncns2)cc1. The molecular formula is C16H21N5O2S. The summed E-state index contributed by atoms with van der Waals surface area (Å²) in [6.07, 6.45) is 1.86. The predicted molar refractivity (Wildman–Crippen MR) is 93.9 cm³/mol. The van der Waals surface area contributed by atoms with Gasteiger partial charge in [0.15, 0.2) is 0 Å². The first-order valence-electron chi connectivity index (χ1n) is 7.57. The van der Waals surface area contributed by atoms with Crippen LogP contribution < -0.4 is 10.6 Å². The Balaban J connectivity index is 1.91. The summed E-state index contributed by atoms with van der Waals surface area (Å²) in [4.78, 5) is 29.5. The van der Waals surface area contributed by atoms with E-state index in [1.807, 2.05) is 26.1 Å². The molecule has 0 spiro atoms. The Kier molecular flexibility index (Phi) is 6.39. The highest BCUT2D eigenvalue weighted by atomic mass is 32.1. The van der Waals surface area contributed by atoms with Gasteiger partial charge in [0.2, 0.25) is 11.0 Å². The van der Waals surface area contributed by atoms with Gasteiger partial charge in [-0.05, 0) is 31.7 Å². The van der Waals surface area contributed by atoms with Crippen LogP contribution >= 0.6 is 11.5 Å². The molecule has 0 bridgehead atoms. The Morgan fingerprint density at radius 1 is 1.29 bits per heavy atom. The highest BCUT2D eigenvalue weighted by Gasteiger charge is 2.14. The van der Waals surface area contributed by atoms with Crippen LogP contribution in [0.5, 0.6) is 0 Å². The second-order valence-corrected chi connectivity index (χ2v) is 6.32. The van der Waals surface area contributed by atoms with E-state index in [0.29, 0.717) is 23.7 Å². The molecule has 0 aliphatic heterocycles. The van der Waals surface area contributed by atoms with Gasteiger partial charge in [-0.3, -0.25) is 19.8 Å². The maximum Gasteiger partial charge on any atom is 0.257 e. The molecular weight excluding hydrogens is 326 g/mol. The topological polar surface area (TPSA) is 87.2 Å². The van der Waals surface area contributed by atoms with Gasteiger partial charge in [-0.25, -0.2) is 4.98 Å². The second kappa shape index (κ2) is 8.51. The maximum atomic E-state index is 12.1. The van der Waals surface area contributed by atoms with Crippen LogP contribution in [0.4, 0.5) is 5.13 Å². The van der Waals surface area contributed by atoms with Gasteiger partial charge in [0.25, 0.3) is 5.91 Å². The Hall–Kier alpha value is -2.32. The van der Waals surface area contributed by atoms with Crippen LogP contribution in [0.25, 0.3) is 0 Å². The molecule has 1 aromatic heterocycles. The lowest BCUT2D eigenvalue weighted by atomic mass is 10.1. The molecule has 128 valence electrons. The van der Waals surface area contributed by atoms with Gasteiger partial charge < -0.3 is 5.32 Å². The van der Waals surface area contributed by atoms with Crippen molar-refractivity contribution in [3.05, 3.63) is 41.7 Å². The van der Waals surface area contributed by atoms with Gasteiger partial charge in [-0.1, -0.05) is 12.1 Å². The summed E-state index contributed by atoms with van der Waals surface area (Å²) in [5.41, 5.74) is 1.64. The summed E-state index contributed by atoms with van der Waals surface area (Å²) in [6.45, 7) is 2.72. The number of nitrogens with one attached hydrogen (secondary N) is 2. The molecule has 0 fully saturated rings. The lowest BCUT2D eigenvalue weighted by Gasteiger charge is -2.24. The van der Waals surface area contributed by atoms with Gasteiger partial charge in [-0.2, -0.15) is 4.37 Å². The minimum absolute atomic E-state index is 0.0260. The van der Waals surface area contributed by atoms with Crippen molar-refractivity contribution < 1.29 is 9.59 Å². The molecule has 7 nitrogen and oxygen atoms in total. The number of carbonyl (C=O) groups is 2. The first-order valence-corrected chi connectivity index (χ1v) is 8.34. The van der Waals surface area contributed by atoms with Gasteiger partial charge in [0.05, 0.1) is 0 Å². The summed E-state index contributed by atoms with van der Waals surface area (Å²) in [5, 5.41) is 5.81. The molecule has 0 unspecified atom stereocenters. The zero-order valence-electron chi connectivity index (χ0n) is 13.9. The summed E-state index contributed by atoms with van der Waals surface area (Å²) in [6, 6.07) is 7.52. The standard InChI is InChI=1S/C16H21N5O2S/c1-11(8-14(22)17-2)21(3)9-12-4-6-13(7-5-12)15(23)20-16-18-10-19-24-16/h4-7,10-11H,8-9H2,1-3H3,(H,17,22)(H,18,19,20,23)/t11-/m1/s1. The number of hydrogen-bond donors (Lipinski definition) is 2. The Morgan fingerprint density at radius 2 is 2.00 bits per heavy atom. The monoisotopic (exact) mass is 347 g/mol. The zero-order chi connectivity index (χ0) is 17.5. The summed E-state index contributed by atoms with van der Waals surface area (Å²) < 4.78 is 3.84. The minimum atomic E-state index is -0.209. The molecule has 1 atom stereocenters. The highest BCUT2D eigenvalue weighted by molar-refractivity contribution is 7.09. The molecule has 0 saturated heterocycles. The highest BCUT2D eigenvalue weighted by Crippen LogP contribution is 2.13. The lowest BCUT2D eigenvalue weighted by molar-refractivity contribution is -0.121. The van der Waals surface area contributed by atoms with Crippen molar-refractivity contribution >= 4 is 28.5 Å². The smallest absolute Gasteiger partial charge is 0.257 e. The fourth-order valence-corrected chi connectivity index (χ4v) is 2.56. The van der Waals surface area contributed by atoms with Gasteiger partial charge >= 0.3 is 0 Å². The number of rotatable bonds is 7. The number of carbonyl (C=O) groups excluding carboxylic acids is 2. The number of hydrogen-bond acceptors (Lipinski definition) is 6. The van der Waals surface area contributed by atoms with E-state index in [0.717, 1.165) is 17.1 Å². The molecule has 2 N–H and O–H groups in total. The molecule has 2 amide bonds. The van der Waals surface area contributed by atoms with Crippen LogP contribution in [0.15, 0.2) is 30.6 Å². The van der Waals surface area contributed by atoms with E-state index in [2.05, 4.69) is 24.9 Å². The van der Waals surface area contributed by atoms with Crippen molar-refractivity contribution in [3.63, 3.8) is 0 Å². The van der Waals surface area contributed by atoms with Crippen LogP contribution in [-0.4, -0.2) is 46.2 Å². The molecule has 0 radical (unpaired) electrons. The molecule has 8 heteroatoms. The predicted octanol–water partition coefficient (Wildman–Crippen LogP) is 1.75. The van der Waals surface area contributed by atoms with Crippen LogP contribution in [-0.2, 0) is 11.3 Å². The molecule has 24 heavy (non-hydrogen) atoms. The first kappa shape index (κ1) is 18.0. The van der Waals surface area contributed by atoms with E-state index in [1.165, 1.54) is 6.33 Å². The summed E-state index contributed by atoms with van der Waals surface area (Å²) in [5.74, 6) is -0.183. The minimum Gasteiger partial charge on any atom is -0.359 e. The fraction of sp³-hybridized carbons (Fsp3) is 0.375. The number of aromatic nitrogens is 2. The van der Waals surface area contributed by atoms with Crippen molar-refractivity contribution in [2.24, 2.45) is 0 Å². The number of nitrogens with zero attached hydrogens (tertiary/aromatic N) is 3. The van der Waals surface area contributed by atoms with Crippen molar-refractivity contribution in [1.29, 1.82) is 0 Å². The summed E-state index contributed by atoms with van der Waals surface area (Å²) in [7, 11) is 3.62. The first-order chi connectivity index (χ1) is 11.5. The van der Waals surface area contributed by atoms with E-state index < -0.39 is 0 Å². The molecule has 0 aliphatic rings. The third-order valence-corrected chi connectivity index (χ3v) is 4.32. The van der Waals surface area contributed by atoms with Crippen molar-refractivity contribution in [1.82, 2.24) is 19.6 Å². The number of amides is 2. The third kappa shape index (κ3) is 5.10. The summed E-state index contributed by atoms with van der Waals surface area (Å²) >= 11 is 1.13. The van der Waals surface area contributed by atoms with Crippen molar-refractivity contribution in [2.45, 2.75) is 25.9 Å². The third-order valence-electron chi connectivity index (χ3n) is 3.74. The Bertz CT molecular complexity index is 672.